The fourth-order valence-electron chi connectivity index (χ4n) is 2.27. The van der Waals surface area contributed by atoms with Crippen LogP contribution in [0, 0.1) is 0 Å². The van der Waals surface area contributed by atoms with E-state index in [-0.39, 0.29) is 5.56 Å². The van der Waals surface area contributed by atoms with Crippen LogP contribution in [0.25, 0.3) is 5.69 Å². The molecule has 3 heteroatoms. The first-order chi connectivity index (χ1) is 10.3. The molecule has 0 amide bonds. The molecule has 21 heavy (non-hydrogen) atoms. The number of hydrogen-bond donors (Lipinski definition) is 0. The summed E-state index contributed by atoms with van der Waals surface area (Å²) in [5.74, 6) is 0. The lowest BCUT2D eigenvalue weighted by Crippen LogP contribution is -2.19. The molecule has 3 rings (SSSR count). The van der Waals surface area contributed by atoms with Crippen LogP contribution in [0.15, 0.2) is 77.9 Å². The summed E-state index contributed by atoms with van der Waals surface area (Å²) >= 11 is 0. The topological polar surface area (TPSA) is 34.9 Å². The lowest BCUT2D eigenvalue weighted by Gasteiger charge is -2.06. The fourth-order valence-corrected chi connectivity index (χ4v) is 2.27. The van der Waals surface area contributed by atoms with Crippen LogP contribution in [0.3, 0.4) is 0 Å². The molecule has 0 bridgehead atoms. The Hall–Kier alpha value is -2.68. The monoisotopic (exact) mass is 276 g/mol. The van der Waals surface area contributed by atoms with Gasteiger partial charge in [0.15, 0.2) is 0 Å². The second kappa shape index (κ2) is 6.18. The summed E-state index contributed by atoms with van der Waals surface area (Å²) in [5, 5.41) is 0. The molecule has 1 aromatic heterocycles. The average Bonchev–Trinajstić information content (AvgIpc) is 2.55. The molecule has 0 spiro atoms. The van der Waals surface area contributed by atoms with E-state index >= 15 is 0 Å². The quantitative estimate of drug-likeness (QED) is 0.734. The van der Waals surface area contributed by atoms with Crippen molar-refractivity contribution in [2.45, 2.75) is 12.8 Å². The molecule has 0 aliphatic rings. The SMILES string of the molecule is O=c1cc(CCc2ccccc2)ncn1-c1ccccc1. The minimum absolute atomic E-state index is 0.0424. The summed E-state index contributed by atoms with van der Waals surface area (Å²) in [7, 11) is 0. The Balaban J connectivity index is 1.77. The molecule has 0 saturated carbocycles. The maximum atomic E-state index is 12.2. The summed E-state index contributed by atoms with van der Waals surface area (Å²) in [5.41, 5.74) is 2.88. The Morgan fingerprint density at radius 3 is 2.19 bits per heavy atom. The highest BCUT2D eigenvalue weighted by Gasteiger charge is 2.02. The van der Waals surface area contributed by atoms with E-state index in [2.05, 4.69) is 17.1 Å². The number of hydrogen-bond acceptors (Lipinski definition) is 2. The van der Waals surface area contributed by atoms with E-state index in [1.54, 1.807) is 17.0 Å². The minimum atomic E-state index is -0.0424. The van der Waals surface area contributed by atoms with Gasteiger partial charge in [-0.25, -0.2) is 4.98 Å². The molecule has 1 heterocycles. The Morgan fingerprint density at radius 2 is 1.52 bits per heavy atom. The lowest BCUT2D eigenvalue weighted by molar-refractivity contribution is 0.851. The van der Waals surface area contributed by atoms with Crippen molar-refractivity contribution in [3.8, 4) is 5.69 Å². The zero-order valence-electron chi connectivity index (χ0n) is 11.6. The van der Waals surface area contributed by atoms with Crippen molar-refractivity contribution in [1.29, 1.82) is 0 Å². The van der Waals surface area contributed by atoms with Gasteiger partial charge in [-0.2, -0.15) is 0 Å². The maximum absolute atomic E-state index is 12.2. The highest BCUT2D eigenvalue weighted by molar-refractivity contribution is 5.31. The molecule has 0 saturated heterocycles. The number of aromatic nitrogens is 2. The molecule has 3 aromatic rings. The van der Waals surface area contributed by atoms with Crippen LogP contribution in [-0.4, -0.2) is 9.55 Å². The van der Waals surface area contributed by atoms with Gasteiger partial charge in [0.05, 0.1) is 5.69 Å². The molecule has 0 atom stereocenters. The largest absolute Gasteiger partial charge is 0.269 e. The summed E-state index contributed by atoms with van der Waals surface area (Å²) in [6.07, 6.45) is 3.27. The van der Waals surface area contributed by atoms with Gasteiger partial charge < -0.3 is 0 Å². The minimum Gasteiger partial charge on any atom is -0.269 e. The van der Waals surface area contributed by atoms with Crippen molar-refractivity contribution in [3.63, 3.8) is 0 Å². The average molecular weight is 276 g/mol. The Morgan fingerprint density at radius 1 is 0.857 bits per heavy atom. The first-order valence-corrected chi connectivity index (χ1v) is 7.00. The third-order valence-electron chi connectivity index (χ3n) is 3.41. The van der Waals surface area contributed by atoms with Crippen LogP contribution in [0.4, 0.5) is 0 Å². The van der Waals surface area contributed by atoms with E-state index in [1.807, 2.05) is 48.5 Å². The third-order valence-corrected chi connectivity index (χ3v) is 3.41. The van der Waals surface area contributed by atoms with Crippen LogP contribution >= 0.6 is 0 Å². The second-order valence-electron chi connectivity index (χ2n) is 4.91. The first-order valence-electron chi connectivity index (χ1n) is 7.00. The highest BCUT2D eigenvalue weighted by atomic mass is 16.1. The van der Waals surface area contributed by atoms with Gasteiger partial charge in [0, 0.05) is 11.8 Å². The fraction of sp³-hybridized carbons (Fsp3) is 0.111. The predicted molar refractivity (Wildman–Crippen MR) is 83.7 cm³/mol. The van der Waals surface area contributed by atoms with Crippen molar-refractivity contribution in [3.05, 3.63) is 94.7 Å². The zero-order valence-corrected chi connectivity index (χ0v) is 11.6. The first kappa shape index (κ1) is 13.3. The zero-order chi connectivity index (χ0) is 14.5. The van der Waals surface area contributed by atoms with Crippen LogP contribution < -0.4 is 5.56 Å². The summed E-state index contributed by atoms with van der Waals surface area (Å²) in [4.78, 5) is 16.6. The molecule has 2 aromatic carbocycles. The molecule has 0 aliphatic heterocycles. The Bertz CT molecular complexity index is 764. The van der Waals surface area contributed by atoms with Gasteiger partial charge in [-0.05, 0) is 30.5 Å². The van der Waals surface area contributed by atoms with Crippen molar-refractivity contribution < 1.29 is 0 Å². The van der Waals surface area contributed by atoms with Crippen LogP contribution in [0.2, 0.25) is 0 Å². The van der Waals surface area contributed by atoms with Crippen molar-refractivity contribution >= 4 is 0 Å². The highest BCUT2D eigenvalue weighted by Crippen LogP contribution is 2.06. The van der Waals surface area contributed by atoms with E-state index in [9.17, 15) is 4.79 Å². The molecule has 0 unspecified atom stereocenters. The van der Waals surface area contributed by atoms with E-state index in [0.717, 1.165) is 24.2 Å². The summed E-state index contributed by atoms with van der Waals surface area (Å²) in [6, 6.07) is 21.4. The van der Waals surface area contributed by atoms with E-state index in [0.29, 0.717) is 0 Å². The van der Waals surface area contributed by atoms with Crippen LogP contribution in [-0.2, 0) is 12.8 Å². The van der Waals surface area contributed by atoms with Crippen LogP contribution in [0.1, 0.15) is 11.3 Å². The molecule has 0 aliphatic carbocycles. The van der Waals surface area contributed by atoms with E-state index < -0.39 is 0 Å². The van der Waals surface area contributed by atoms with Gasteiger partial charge in [-0.1, -0.05) is 48.5 Å². The molecule has 3 nitrogen and oxygen atoms in total. The van der Waals surface area contributed by atoms with Crippen LogP contribution in [0.5, 0.6) is 0 Å². The number of benzene rings is 2. The molecule has 0 fully saturated rings. The van der Waals surface area contributed by atoms with Crippen molar-refractivity contribution in [2.75, 3.05) is 0 Å². The molecular weight excluding hydrogens is 260 g/mol. The maximum Gasteiger partial charge on any atom is 0.258 e. The number of aryl methyl sites for hydroxylation is 2. The molecular formula is C18H16N2O. The van der Waals surface area contributed by atoms with E-state index in [1.165, 1.54) is 5.56 Å². The number of nitrogens with zero attached hydrogens (tertiary/aromatic N) is 2. The normalized spacial score (nSPS) is 10.5. The summed E-state index contributed by atoms with van der Waals surface area (Å²) < 4.78 is 1.56. The van der Waals surface area contributed by atoms with Gasteiger partial charge in [-0.15, -0.1) is 0 Å². The molecule has 0 radical (unpaired) electrons. The molecule has 104 valence electrons. The van der Waals surface area contributed by atoms with Gasteiger partial charge >= 0.3 is 0 Å². The third kappa shape index (κ3) is 3.26. The van der Waals surface area contributed by atoms with Crippen molar-refractivity contribution in [1.82, 2.24) is 9.55 Å². The predicted octanol–water partition coefficient (Wildman–Crippen LogP) is 3.02. The van der Waals surface area contributed by atoms with E-state index in [4.69, 9.17) is 0 Å². The van der Waals surface area contributed by atoms with Crippen molar-refractivity contribution in [2.24, 2.45) is 0 Å². The second-order valence-corrected chi connectivity index (χ2v) is 4.91. The number of rotatable bonds is 4. The van der Waals surface area contributed by atoms with Gasteiger partial charge in [-0.3, -0.25) is 9.36 Å². The Kier molecular flexibility index (Phi) is 3.92. The van der Waals surface area contributed by atoms with Gasteiger partial charge in [0.25, 0.3) is 5.56 Å². The standard InChI is InChI=1S/C18H16N2O/c21-18-13-16(12-11-15-7-3-1-4-8-15)19-14-20(18)17-9-5-2-6-10-17/h1-10,13-14H,11-12H2. The van der Waals surface area contributed by atoms with Gasteiger partial charge in [0.1, 0.15) is 6.33 Å². The van der Waals surface area contributed by atoms with Gasteiger partial charge in [0.2, 0.25) is 0 Å². The molecule has 0 N–H and O–H groups in total. The lowest BCUT2D eigenvalue weighted by atomic mass is 10.1. The summed E-state index contributed by atoms with van der Waals surface area (Å²) in [6.45, 7) is 0. The Labute approximate surface area is 123 Å². The number of para-hydroxylation sites is 1. The smallest absolute Gasteiger partial charge is 0.258 e.